The van der Waals surface area contributed by atoms with Crippen molar-refractivity contribution in [3.63, 3.8) is 0 Å². The first kappa shape index (κ1) is 19.7. The van der Waals surface area contributed by atoms with Crippen LogP contribution in [0.2, 0.25) is 0 Å². The molecular formula is C20H26F2N2O4. The Morgan fingerprint density at radius 3 is 2.43 bits per heavy atom. The maximum Gasteiger partial charge on any atom is 0.256 e. The normalized spacial score (nSPS) is 28.2. The predicted molar refractivity (Wildman–Crippen MR) is 96.3 cm³/mol. The first-order valence-electron chi connectivity index (χ1n) is 9.85. The highest BCUT2D eigenvalue weighted by atomic mass is 19.2. The number of likely N-dealkylation sites (tertiary alicyclic amines) is 2. The lowest BCUT2D eigenvalue weighted by atomic mass is 9.89. The van der Waals surface area contributed by atoms with Crippen molar-refractivity contribution in [3.05, 3.63) is 35.4 Å². The van der Waals surface area contributed by atoms with Gasteiger partial charge in [-0.05, 0) is 30.5 Å². The van der Waals surface area contributed by atoms with Crippen molar-refractivity contribution in [2.24, 2.45) is 0 Å². The van der Waals surface area contributed by atoms with E-state index in [1.807, 2.05) is 0 Å². The zero-order valence-electron chi connectivity index (χ0n) is 15.8. The monoisotopic (exact) mass is 396 g/mol. The molecule has 0 aliphatic carbocycles. The van der Waals surface area contributed by atoms with Gasteiger partial charge in [0.05, 0.1) is 13.2 Å². The number of rotatable bonds is 4. The molecule has 1 aromatic carbocycles. The fraction of sp³-hybridized carbons (Fsp3) is 0.650. The van der Waals surface area contributed by atoms with Crippen molar-refractivity contribution in [3.8, 4) is 0 Å². The number of benzene rings is 1. The Balaban J connectivity index is 1.38. The number of β-amino-alcohol motifs (C(OH)–C–C–N with tert-alkyl or cyclic N) is 1. The topological polar surface area (TPSA) is 62.2 Å². The number of piperidine rings is 2. The van der Waals surface area contributed by atoms with E-state index in [-0.39, 0.29) is 19.0 Å². The van der Waals surface area contributed by atoms with Crippen molar-refractivity contribution in [1.82, 2.24) is 9.80 Å². The maximum atomic E-state index is 13.5. The Kier molecular flexibility index (Phi) is 5.39. The molecule has 3 saturated heterocycles. The Hall–Kier alpha value is -1.61. The van der Waals surface area contributed by atoms with Gasteiger partial charge in [-0.25, -0.2) is 8.78 Å². The summed E-state index contributed by atoms with van der Waals surface area (Å²) in [4.78, 5) is 16.6. The van der Waals surface area contributed by atoms with Crippen LogP contribution in [0.3, 0.4) is 0 Å². The molecule has 8 heteroatoms. The largest absolute Gasteiger partial charge is 0.379 e. The third-order valence-electron chi connectivity index (χ3n) is 5.98. The Labute approximate surface area is 163 Å². The molecule has 1 atom stereocenters. The van der Waals surface area contributed by atoms with E-state index >= 15 is 0 Å². The molecule has 6 nitrogen and oxygen atoms in total. The second kappa shape index (κ2) is 7.67. The number of aliphatic hydroxyl groups is 1. The Morgan fingerprint density at radius 1 is 1.04 bits per heavy atom. The molecule has 3 aliphatic rings. The quantitative estimate of drug-likeness (QED) is 0.839. The van der Waals surface area contributed by atoms with Crippen LogP contribution in [0.15, 0.2) is 18.2 Å². The van der Waals surface area contributed by atoms with Gasteiger partial charge < -0.3 is 19.5 Å². The van der Waals surface area contributed by atoms with Gasteiger partial charge in [-0.1, -0.05) is 6.07 Å². The Bertz CT molecular complexity index is 731. The summed E-state index contributed by atoms with van der Waals surface area (Å²) in [5.41, 5.74) is -0.953. The first-order chi connectivity index (χ1) is 13.4. The van der Waals surface area contributed by atoms with Crippen LogP contribution >= 0.6 is 0 Å². The van der Waals surface area contributed by atoms with E-state index in [4.69, 9.17) is 9.47 Å². The second-order valence-electron chi connectivity index (χ2n) is 7.99. The van der Waals surface area contributed by atoms with Crippen LogP contribution in [-0.2, 0) is 20.8 Å². The highest BCUT2D eigenvalue weighted by molar-refractivity contribution is 5.86. The van der Waals surface area contributed by atoms with Crippen molar-refractivity contribution in [2.75, 3.05) is 39.4 Å². The van der Waals surface area contributed by atoms with Crippen LogP contribution < -0.4 is 0 Å². The van der Waals surface area contributed by atoms with E-state index in [1.165, 1.54) is 11.0 Å². The third kappa shape index (κ3) is 3.91. The van der Waals surface area contributed by atoms with Gasteiger partial charge in [0.15, 0.2) is 23.0 Å². The summed E-state index contributed by atoms with van der Waals surface area (Å²) >= 11 is 0. The molecular weight excluding hydrogens is 370 g/mol. The van der Waals surface area contributed by atoms with Crippen molar-refractivity contribution in [1.29, 1.82) is 0 Å². The second-order valence-corrected chi connectivity index (χ2v) is 7.99. The van der Waals surface area contributed by atoms with Crippen LogP contribution in [-0.4, -0.2) is 71.6 Å². The van der Waals surface area contributed by atoms with Gasteiger partial charge in [0, 0.05) is 45.6 Å². The van der Waals surface area contributed by atoms with E-state index in [0.717, 1.165) is 25.0 Å². The Morgan fingerprint density at radius 2 is 1.75 bits per heavy atom. The zero-order chi connectivity index (χ0) is 19.8. The van der Waals surface area contributed by atoms with Gasteiger partial charge in [0.1, 0.15) is 0 Å². The fourth-order valence-electron chi connectivity index (χ4n) is 4.43. The fourth-order valence-corrected chi connectivity index (χ4v) is 4.43. The summed E-state index contributed by atoms with van der Waals surface area (Å²) in [5.74, 6) is -2.69. The van der Waals surface area contributed by atoms with Crippen molar-refractivity contribution in [2.45, 2.75) is 43.6 Å². The summed E-state index contributed by atoms with van der Waals surface area (Å²) in [7, 11) is 0. The van der Waals surface area contributed by atoms with Crippen LogP contribution in [0.5, 0.6) is 0 Å². The lowest BCUT2D eigenvalue weighted by molar-refractivity contribution is -0.191. The molecule has 0 unspecified atom stereocenters. The van der Waals surface area contributed by atoms with Crippen LogP contribution in [0.4, 0.5) is 8.78 Å². The molecule has 1 amide bonds. The molecule has 1 spiro atoms. The SMILES string of the molecule is O=C1N(Cc2ccc(F)c(F)c2)CCC[C@@]1(O)CN1CCC2(CC1)OCCO2. The average Bonchev–Trinajstić information content (AvgIpc) is 3.13. The predicted octanol–water partition coefficient (Wildman–Crippen LogP) is 1.66. The maximum absolute atomic E-state index is 13.5. The van der Waals surface area contributed by atoms with Crippen LogP contribution in [0.25, 0.3) is 0 Å². The summed E-state index contributed by atoms with van der Waals surface area (Å²) in [6.45, 7) is 3.52. The molecule has 0 aromatic heterocycles. The van der Waals surface area contributed by atoms with Crippen LogP contribution in [0, 0.1) is 11.6 Å². The van der Waals surface area contributed by atoms with E-state index in [9.17, 15) is 18.7 Å². The number of carbonyl (C=O) groups is 1. The lowest BCUT2D eigenvalue weighted by Crippen LogP contribution is -2.59. The summed E-state index contributed by atoms with van der Waals surface area (Å²) in [6.07, 6.45) is 2.50. The van der Waals surface area contributed by atoms with Gasteiger partial charge in [-0.15, -0.1) is 0 Å². The van der Waals surface area contributed by atoms with Gasteiger partial charge in [-0.2, -0.15) is 0 Å². The standard InChI is InChI=1S/C20H26F2N2O4/c21-16-3-2-15(12-17(16)22)13-24-7-1-4-19(26,18(24)25)14-23-8-5-20(6-9-23)27-10-11-28-20/h2-3,12,26H,1,4-11,13-14H2/t19-/m1/s1. The smallest absolute Gasteiger partial charge is 0.256 e. The summed E-state index contributed by atoms with van der Waals surface area (Å²) < 4.78 is 38.0. The number of hydrogen-bond acceptors (Lipinski definition) is 5. The third-order valence-corrected chi connectivity index (χ3v) is 5.98. The number of hydrogen-bond donors (Lipinski definition) is 1. The molecule has 3 heterocycles. The minimum Gasteiger partial charge on any atom is -0.379 e. The molecule has 3 fully saturated rings. The lowest BCUT2D eigenvalue weighted by Gasteiger charge is -2.43. The number of carbonyl (C=O) groups excluding carboxylic acids is 1. The molecule has 1 N–H and O–H groups in total. The van der Waals surface area contributed by atoms with E-state index in [2.05, 4.69) is 4.90 Å². The number of halogens is 2. The van der Waals surface area contributed by atoms with Gasteiger partial charge in [0.25, 0.3) is 5.91 Å². The van der Waals surface area contributed by atoms with Crippen LogP contribution in [0.1, 0.15) is 31.2 Å². The highest BCUT2D eigenvalue weighted by Gasteiger charge is 2.46. The van der Waals surface area contributed by atoms with Gasteiger partial charge in [0.2, 0.25) is 0 Å². The molecule has 0 bridgehead atoms. The van der Waals surface area contributed by atoms with Crippen molar-refractivity contribution < 1.29 is 28.2 Å². The van der Waals surface area contributed by atoms with Crippen molar-refractivity contribution >= 4 is 5.91 Å². The number of amides is 1. The van der Waals surface area contributed by atoms with E-state index < -0.39 is 23.0 Å². The average molecular weight is 396 g/mol. The molecule has 4 rings (SSSR count). The number of nitrogens with zero attached hydrogens (tertiary/aromatic N) is 2. The van der Waals surface area contributed by atoms with Gasteiger partial charge >= 0.3 is 0 Å². The highest BCUT2D eigenvalue weighted by Crippen LogP contribution is 2.33. The minimum absolute atomic E-state index is 0.156. The molecule has 0 saturated carbocycles. The molecule has 1 aromatic rings. The molecule has 154 valence electrons. The summed E-state index contributed by atoms with van der Waals surface area (Å²) in [6, 6.07) is 3.62. The molecule has 28 heavy (non-hydrogen) atoms. The van der Waals surface area contributed by atoms with Gasteiger partial charge in [-0.3, -0.25) is 9.69 Å². The zero-order valence-corrected chi connectivity index (χ0v) is 15.8. The first-order valence-corrected chi connectivity index (χ1v) is 9.85. The molecule has 3 aliphatic heterocycles. The minimum atomic E-state index is -1.46. The van der Waals surface area contributed by atoms with E-state index in [1.54, 1.807) is 0 Å². The van der Waals surface area contributed by atoms with E-state index in [0.29, 0.717) is 51.3 Å². The summed E-state index contributed by atoms with van der Waals surface area (Å²) in [5, 5.41) is 11.1. The number of ether oxygens (including phenoxy) is 2. The molecule has 0 radical (unpaired) electrons.